The molecule has 0 amide bonds. The smallest absolute Gasteiger partial charge is 0.316 e. The Balaban J connectivity index is 1.80. The van der Waals surface area contributed by atoms with Crippen LogP contribution >= 0.6 is 0 Å². The maximum absolute atomic E-state index is 13.6. The molecule has 1 aliphatic heterocycles. The van der Waals surface area contributed by atoms with Gasteiger partial charge in [0.25, 0.3) is 0 Å². The Hall–Kier alpha value is -3.28. The summed E-state index contributed by atoms with van der Waals surface area (Å²) in [5.74, 6) is -0.860. The van der Waals surface area contributed by atoms with Crippen molar-refractivity contribution in [2.75, 3.05) is 17.7 Å². The van der Waals surface area contributed by atoms with E-state index >= 15 is 0 Å². The molecular formula is C25H28N2O4. The van der Waals surface area contributed by atoms with E-state index in [9.17, 15) is 9.59 Å². The molecule has 0 spiro atoms. The summed E-state index contributed by atoms with van der Waals surface area (Å²) in [4.78, 5) is 26.0. The number of carbonyl (C=O) groups is 2. The number of para-hydroxylation sites is 2. The molecular weight excluding hydrogens is 392 g/mol. The van der Waals surface area contributed by atoms with Gasteiger partial charge in [0.1, 0.15) is 11.7 Å². The highest BCUT2D eigenvalue weighted by Crippen LogP contribution is 2.43. The number of allylic oxidation sites excluding steroid dienone is 1. The molecule has 0 unspecified atom stereocenters. The lowest BCUT2D eigenvalue weighted by Gasteiger charge is -2.32. The molecule has 0 radical (unpaired) electrons. The van der Waals surface area contributed by atoms with Gasteiger partial charge in [0.2, 0.25) is 0 Å². The number of fused-ring (bicyclic) bond motifs is 1. The standard InChI is InChI=1S/C25H28N2O4/c1-14(2)31-17-11-9-16(10-12-17)23-22-20(26-18-7-5-6-8-19(18)27-23)13-15(3)21(24(22)28)25(29)30-4/h5-12,14-15,21,23,26-27H,13H2,1-4H3/t15-,21+,23+/m0/s1. The van der Waals surface area contributed by atoms with Gasteiger partial charge in [-0.2, -0.15) is 0 Å². The third-order valence-corrected chi connectivity index (χ3v) is 5.81. The Labute approximate surface area is 182 Å². The van der Waals surface area contributed by atoms with E-state index in [0.717, 1.165) is 28.4 Å². The van der Waals surface area contributed by atoms with E-state index < -0.39 is 17.9 Å². The van der Waals surface area contributed by atoms with E-state index in [-0.39, 0.29) is 17.8 Å². The largest absolute Gasteiger partial charge is 0.491 e. The van der Waals surface area contributed by atoms with Crippen molar-refractivity contribution in [3.05, 3.63) is 65.4 Å². The van der Waals surface area contributed by atoms with Gasteiger partial charge in [-0.05, 0) is 56.0 Å². The van der Waals surface area contributed by atoms with E-state index in [4.69, 9.17) is 9.47 Å². The van der Waals surface area contributed by atoms with Gasteiger partial charge in [0.05, 0.1) is 30.6 Å². The van der Waals surface area contributed by atoms with Crippen LogP contribution in [0.2, 0.25) is 0 Å². The van der Waals surface area contributed by atoms with E-state index in [2.05, 4.69) is 10.6 Å². The monoisotopic (exact) mass is 420 g/mol. The van der Waals surface area contributed by atoms with Gasteiger partial charge >= 0.3 is 5.97 Å². The van der Waals surface area contributed by atoms with Crippen LogP contribution in [0.5, 0.6) is 5.75 Å². The van der Waals surface area contributed by atoms with Crippen molar-refractivity contribution in [2.45, 2.75) is 39.3 Å². The maximum Gasteiger partial charge on any atom is 0.316 e. The average molecular weight is 421 g/mol. The maximum atomic E-state index is 13.6. The fraction of sp³-hybridized carbons (Fsp3) is 0.360. The molecule has 0 saturated carbocycles. The molecule has 162 valence electrons. The van der Waals surface area contributed by atoms with E-state index in [1.54, 1.807) is 0 Å². The van der Waals surface area contributed by atoms with Crippen LogP contribution in [0, 0.1) is 11.8 Å². The second-order valence-electron chi connectivity index (χ2n) is 8.42. The highest BCUT2D eigenvalue weighted by molar-refractivity contribution is 6.11. The second kappa shape index (κ2) is 8.46. The minimum absolute atomic E-state index is 0.0782. The molecule has 6 nitrogen and oxygen atoms in total. The topological polar surface area (TPSA) is 76.7 Å². The SMILES string of the molecule is COC(=O)[C@H]1C(=O)C2=C(C[C@@H]1C)Nc1ccccc1N[C@@H]2c1ccc(OC(C)C)cc1. The van der Waals surface area contributed by atoms with Crippen LogP contribution in [0.1, 0.15) is 38.8 Å². The molecule has 1 aliphatic carbocycles. The van der Waals surface area contributed by atoms with Gasteiger partial charge in [-0.1, -0.05) is 31.2 Å². The van der Waals surface area contributed by atoms with Gasteiger partial charge in [-0.25, -0.2) is 0 Å². The van der Waals surface area contributed by atoms with Gasteiger partial charge in [-0.3, -0.25) is 9.59 Å². The van der Waals surface area contributed by atoms with Gasteiger partial charge in [-0.15, -0.1) is 0 Å². The van der Waals surface area contributed by atoms with Crippen LogP contribution in [0.3, 0.4) is 0 Å². The first kappa shape index (κ1) is 21.0. The number of hydrogen-bond acceptors (Lipinski definition) is 6. The molecule has 0 fully saturated rings. The Morgan fingerprint density at radius 3 is 2.39 bits per heavy atom. The fourth-order valence-electron chi connectivity index (χ4n) is 4.39. The molecule has 2 aliphatic rings. The zero-order valence-corrected chi connectivity index (χ0v) is 18.3. The molecule has 3 atom stereocenters. The molecule has 2 aromatic rings. The Bertz CT molecular complexity index is 1030. The highest BCUT2D eigenvalue weighted by atomic mass is 16.5. The predicted molar refractivity (Wildman–Crippen MR) is 120 cm³/mol. The number of esters is 1. The first-order valence-electron chi connectivity index (χ1n) is 10.6. The van der Waals surface area contributed by atoms with E-state index in [1.165, 1.54) is 7.11 Å². The fourth-order valence-corrected chi connectivity index (χ4v) is 4.39. The minimum atomic E-state index is -0.806. The number of ketones is 1. The first-order valence-corrected chi connectivity index (χ1v) is 10.6. The zero-order valence-electron chi connectivity index (χ0n) is 18.3. The van der Waals surface area contributed by atoms with Crippen LogP contribution < -0.4 is 15.4 Å². The second-order valence-corrected chi connectivity index (χ2v) is 8.42. The van der Waals surface area contributed by atoms with Crippen LogP contribution in [0.15, 0.2) is 59.8 Å². The molecule has 6 heteroatoms. The normalized spacial score (nSPS) is 22.6. The van der Waals surface area contributed by atoms with Crippen LogP contribution in [0.25, 0.3) is 0 Å². The van der Waals surface area contributed by atoms with Crippen molar-refractivity contribution in [3.63, 3.8) is 0 Å². The lowest BCUT2D eigenvalue weighted by atomic mass is 9.75. The van der Waals surface area contributed by atoms with Crippen LogP contribution in [-0.2, 0) is 14.3 Å². The van der Waals surface area contributed by atoms with E-state index in [0.29, 0.717) is 12.0 Å². The lowest BCUT2D eigenvalue weighted by Crippen LogP contribution is -2.39. The third-order valence-electron chi connectivity index (χ3n) is 5.81. The van der Waals surface area contributed by atoms with Crippen molar-refractivity contribution in [1.29, 1.82) is 0 Å². The molecule has 2 aromatic carbocycles. The number of nitrogens with one attached hydrogen (secondary N) is 2. The minimum Gasteiger partial charge on any atom is -0.491 e. The average Bonchev–Trinajstić information content (AvgIpc) is 2.90. The van der Waals surface area contributed by atoms with Gasteiger partial charge < -0.3 is 20.1 Å². The first-order chi connectivity index (χ1) is 14.9. The predicted octanol–water partition coefficient (Wildman–Crippen LogP) is 4.70. The number of methoxy groups -OCH3 is 1. The zero-order chi connectivity index (χ0) is 22.1. The summed E-state index contributed by atoms with van der Waals surface area (Å²) in [6, 6.07) is 15.2. The quantitative estimate of drug-likeness (QED) is 0.551. The number of ether oxygens (including phenoxy) is 2. The summed E-state index contributed by atoms with van der Waals surface area (Å²) in [6.45, 7) is 5.88. The molecule has 0 saturated heterocycles. The lowest BCUT2D eigenvalue weighted by molar-refractivity contribution is -0.151. The van der Waals surface area contributed by atoms with Crippen molar-refractivity contribution in [2.24, 2.45) is 11.8 Å². The van der Waals surface area contributed by atoms with E-state index in [1.807, 2.05) is 69.3 Å². The van der Waals surface area contributed by atoms with Crippen molar-refractivity contribution < 1.29 is 19.1 Å². The molecule has 1 heterocycles. The van der Waals surface area contributed by atoms with Crippen molar-refractivity contribution >= 4 is 23.1 Å². The molecule has 0 aromatic heterocycles. The number of rotatable bonds is 4. The molecule has 4 rings (SSSR count). The highest BCUT2D eigenvalue weighted by Gasteiger charge is 2.44. The molecule has 31 heavy (non-hydrogen) atoms. The van der Waals surface area contributed by atoms with Crippen LogP contribution in [0.4, 0.5) is 11.4 Å². The molecule has 0 bridgehead atoms. The van der Waals surface area contributed by atoms with Crippen LogP contribution in [-0.4, -0.2) is 25.0 Å². The summed E-state index contributed by atoms with van der Waals surface area (Å²) in [6.07, 6.45) is 0.663. The van der Waals surface area contributed by atoms with Gasteiger partial charge in [0, 0.05) is 11.3 Å². The summed E-state index contributed by atoms with van der Waals surface area (Å²) in [7, 11) is 1.33. The number of anilines is 2. The summed E-state index contributed by atoms with van der Waals surface area (Å²) < 4.78 is 10.7. The summed E-state index contributed by atoms with van der Waals surface area (Å²) in [5, 5.41) is 6.98. The van der Waals surface area contributed by atoms with Crippen molar-refractivity contribution in [3.8, 4) is 5.75 Å². The Morgan fingerprint density at radius 2 is 1.74 bits per heavy atom. The van der Waals surface area contributed by atoms with Crippen molar-refractivity contribution in [1.82, 2.24) is 0 Å². The number of benzene rings is 2. The summed E-state index contributed by atoms with van der Waals surface area (Å²) >= 11 is 0. The third kappa shape index (κ3) is 4.02. The van der Waals surface area contributed by atoms with Gasteiger partial charge in [0.15, 0.2) is 5.78 Å². The number of Topliss-reactive ketones (excluding diaryl/α,β-unsaturated/α-hetero) is 1. The Kier molecular flexibility index (Phi) is 5.72. The number of hydrogen-bond donors (Lipinski definition) is 2. The Morgan fingerprint density at radius 1 is 1.06 bits per heavy atom. The number of carbonyl (C=O) groups excluding carboxylic acids is 2. The summed E-state index contributed by atoms with van der Waals surface area (Å²) in [5.41, 5.74) is 4.17. The molecule has 2 N–H and O–H groups in total.